The maximum atomic E-state index is 15.1. The second-order valence-corrected chi connectivity index (χ2v) is 9.80. The minimum absolute atomic E-state index is 0.0560. The molecule has 4 aliphatic rings. The molecule has 7 nitrogen and oxygen atoms in total. The monoisotopic (exact) mass is 465 g/mol. The highest BCUT2D eigenvalue weighted by molar-refractivity contribution is 6.30. The summed E-state index contributed by atoms with van der Waals surface area (Å²) in [5, 5.41) is 0.158. The number of hydrogen-bond donors (Lipinski definition) is 0. The van der Waals surface area contributed by atoms with Crippen LogP contribution >= 0.6 is 11.6 Å². The summed E-state index contributed by atoms with van der Waals surface area (Å²) in [5.74, 6) is 0.141. The van der Waals surface area contributed by atoms with Gasteiger partial charge in [-0.05, 0) is 32.2 Å². The molecule has 0 bridgehead atoms. The molecule has 0 N–H and O–H groups in total. The van der Waals surface area contributed by atoms with Gasteiger partial charge in [0.25, 0.3) is 0 Å². The lowest BCUT2D eigenvalue weighted by Crippen LogP contribution is -2.43. The van der Waals surface area contributed by atoms with Gasteiger partial charge in [0.05, 0.1) is 11.6 Å². The number of anilines is 1. The summed E-state index contributed by atoms with van der Waals surface area (Å²) in [6.45, 7) is 2.83. The molecule has 0 amide bonds. The normalized spacial score (nSPS) is 29.9. The van der Waals surface area contributed by atoms with Crippen molar-refractivity contribution in [3.05, 3.63) is 11.0 Å². The predicted molar refractivity (Wildman–Crippen MR) is 116 cm³/mol. The maximum absolute atomic E-state index is 15.1. The zero-order chi connectivity index (χ0) is 21.9. The first-order valence-corrected chi connectivity index (χ1v) is 11.9. The largest absolute Gasteiger partial charge is 0.475 e. The summed E-state index contributed by atoms with van der Waals surface area (Å²) >= 11 is 6.07. The third-order valence-electron chi connectivity index (χ3n) is 7.46. The summed E-state index contributed by atoms with van der Waals surface area (Å²) in [6.07, 6.45) is 5.72. The molecule has 6 rings (SSSR count). The van der Waals surface area contributed by atoms with Crippen LogP contribution in [-0.4, -0.2) is 70.5 Å². The van der Waals surface area contributed by atoms with Gasteiger partial charge >= 0.3 is 6.01 Å². The number of hydrogen-bond acceptors (Lipinski definition) is 7. The number of alkyl halides is 1. The molecular weight excluding hydrogens is 440 g/mol. The Morgan fingerprint density at radius 2 is 2.06 bits per heavy atom. The average Bonchev–Trinajstić information content (AvgIpc) is 3.12. The highest BCUT2D eigenvalue weighted by Gasteiger charge is 2.49. The molecular formula is C22H26ClF2N5O2. The van der Waals surface area contributed by atoms with Gasteiger partial charge in [0, 0.05) is 19.5 Å². The van der Waals surface area contributed by atoms with E-state index in [0.717, 1.165) is 51.6 Å². The van der Waals surface area contributed by atoms with E-state index in [9.17, 15) is 4.39 Å². The molecule has 10 heteroatoms. The number of rotatable bonds is 3. The van der Waals surface area contributed by atoms with Gasteiger partial charge in [-0.3, -0.25) is 4.90 Å². The summed E-state index contributed by atoms with van der Waals surface area (Å²) in [4.78, 5) is 17.6. The molecule has 2 aromatic heterocycles. The zero-order valence-corrected chi connectivity index (χ0v) is 18.6. The van der Waals surface area contributed by atoms with E-state index >= 15 is 4.39 Å². The van der Waals surface area contributed by atoms with E-state index in [1.54, 1.807) is 0 Å². The first-order chi connectivity index (χ1) is 15.5. The minimum atomic E-state index is -0.846. The van der Waals surface area contributed by atoms with E-state index in [-0.39, 0.29) is 40.7 Å². The number of fused-ring (bicyclic) bond motifs is 3. The number of nitrogens with zero attached hydrogens (tertiary/aromatic N) is 5. The Labute approximate surface area is 190 Å². The molecule has 0 saturated carbocycles. The Morgan fingerprint density at radius 1 is 1.16 bits per heavy atom. The van der Waals surface area contributed by atoms with Crippen LogP contribution < -0.4 is 14.4 Å². The SMILES string of the molecule is Fc1c(Cl)nc2c3c(nc(OC[C@@]45CCCN4C[C@H](F)C5)nc13)N1CCCCCC1CO2. The molecule has 4 aliphatic heterocycles. The van der Waals surface area contributed by atoms with Crippen molar-refractivity contribution in [2.45, 2.75) is 62.7 Å². The molecule has 0 aromatic carbocycles. The van der Waals surface area contributed by atoms with Gasteiger partial charge in [-0.15, -0.1) is 0 Å². The van der Waals surface area contributed by atoms with Crippen molar-refractivity contribution < 1.29 is 18.3 Å². The third kappa shape index (κ3) is 3.27. The topological polar surface area (TPSA) is 63.6 Å². The van der Waals surface area contributed by atoms with Crippen molar-refractivity contribution in [3.8, 4) is 11.9 Å². The molecule has 0 aliphatic carbocycles. The number of aromatic nitrogens is 3. The highest BCUT2D eigenvalue weighted by Crippen LogP contribution is 2.42. The molecule has 3 saturated heterocycles. The van der Waals surface area contributed by atoms with E-state index in [1.807, 2.05) is 0 Å². The Bertz CT molecular complexity index is 1060. The number of pyridine rings is 1. The predicted octanol–water partition coefficient (Wildman–Crippen LogP) is 3.91. The Balaban J connectivity index is 1.42. The maximum Gasteiger partial charge on any atom is 0.319 e. The third-order valence-corrected chi connectivity index (χ3v) is 7.71. The fourth-order valence-corrected chi connectivity index (χ4v) is 6.07. The van der Waals surface area contributed by atoms with Gasteiger partial charge in [0.15, 0.2) is 11.0 Å². The van der Waals surface area contributed by atoms with Crippen LogP contribution in [0, 0.1) is 5.82 Å². The van der Waals surface area contributed by atoms with Crippen molar-refractivity contribution in [1.82, 2.24) is 19.9 Å². The van der Waals surface area contributed by atoms with Gasteiger partial charge in [-0.2, -0.15) is 15.0 Å². The minimum Gasteiger partial charge on any atom is -0.475 e. The van der Waals surface area contributed by atoms with Crippen molar-refractivity contribution in [2.24, 2.45) is 0 Å². The van der Waals surface area contributed by atoms with Crippen LogP contribution in [0.3, 0.4) is 0 Å². The lowest BCUT2D eigenvalue weighted by molar-refractivity contribution is 0.107. The van der Waals surface area contributed by atoms with E-state index in [2.05, 4.69) is 19.8 Å². The fourth-order valence-electron chi connectivity index (χ4n) is 5.91. The lowest BCUT2D eigenvalue weighted by atomic mass is 9.95. The van der Waals surface area contributed by atoms with Gasteiger partial charge in [0.1, 0.15) is 36.1 Å². The van der Waals surface area contributed by atoms with Crippen LogP contribution in [0.25, 0.3) is 10.9 Å². The molecule has 1 unspecified atom stereocenters. The van der Waals surface area contributed by atoms with Crippen molar-refractivity contribution in [1.29, 1.82) is 0 Å². The van der Waals surface area contributed by atoms with Gasteiger partial charge in [-0.1, -0.05) is 24.4 Å². The van der Waals surface area contributed by atoms with Crippen LogP contribution in [0.4, 0.5) is 14.6 Å². The van der Waals surface area contributed by atoms with E-state index in [0.29, 0.717) is 30.8 Å². The summed E-state index contributed by atoms with van der Waals surface area (Å²) < 4.78 is 41.2. The van der Waals surface area contributed by atoms with Crippen LogP contribution in [0.2, 0.25) is 5.15 Å². The second-order valence-electron chi connectivity index (χ2n) is 9.45. The second kappa shape index (κ2) is 7.80. The van der Waals surface area contributed by atoms with Crippen molar-refractivity contribution >= 4 is 28.3 Å². The summed E-state index contributed by atoms with van der Waals surface area (Å²) in [6, 6.07) is 0.207. The zero-order valence-electron chi connectivity index (χ0n) is 17.8. The molecule has 172 valence electrons. The standard InChI is InChI=1S/C22H26ClF2N5O2/c23-18-16(25)17-15-19(30-8-3-1-2-5-14(30)11-31-20(15)27-18)28-21(26-17)32-12-22-6-4-7-29(22)10-13(24)9-22/h13-14H,1-12H2/t13-,14?,22+/m1/s1. The van der Waals surface area contributed by atoms with Crippen molar-refractivity contribution in [2.75, 3.05) is 37.7 Å². The first-order valence-electron chi connectivity index (χ1n) is 11.5. The molecule has 6 heterocycles. The average molecular weight is 466 g/mol. The van der Waals surface area contributed by atoms with Gasteiger partial charge in [0.2, 0.25) is 5.88 Å². The van der Waals surface area contributed by atoms with Crippen LogP contribution in [-0.2, 0) is 0 Å². The van der Waals surface area contributed by atoms with Crippen LogP contribution in [0.15, 0.2) is 0 Å². The van der Waals surface area contributed by atoms with Crippen LogP contribution in [0.1, 0.15) is 44.9 Å². The number of halogens is 3. The summed E-state index contributed by atoms with van der Waals surface area (Å²) in [5.41, 5.74) is -0.278. The molecule has 0 radical (unpaired) electrons. The molecule has 3 fully saturated rings. The highest BCUT2D eigenvalue weighted by atomic mass is 35.5. The van der Waals surface area contributed by atoms with Gasteiger partial charge in [-0.25, -0.2) is 8.78 Å². The quantitative estimate of drug-likeness (QED) is 0.637. The smallest absolute Gasteiger partial charge is 0.319 e. The Kier molecular flexibility index (Phi) is 5.02. The number of ether oxygens (including phenoxy) is 2. The molecule has 32 heavy (non-hydrogen) atoms. The molecule has 0 spiro atoms. The molecule has 3 atom stereocenters. The fraction of sp³-hybridized carbons (Fsp3) is 0.682. The Morgan fingerprint density at radius 3 is 2.97 bits per heavy atom. The van der Waals surface area contributed by atoms with Crippen LogP contribution in [0.5, 0.6) is 11.9 Å². The van der Waals surface area contributed by atoms with E-state index < -0.39 is 12.0 Å². The lowest BCUT2D eigenvalue weighted by Gasteiger charge is -2.31. The first kappa shape index (κ1) is 20.6. The van der Waals surface area contributed by atoms with E-state index in [1.165, 1.54) is 0 Å². The molecule has 2 aromatic rings. The van der Waals surface area contributed by atoms with E-state index in [4.69, 9.17) is 26.1 Å². The van der Waals surface area contributed by atoms with Gasteiger partial charge < -0.3 is 14.4 Å². The summed E-state index contributed by atoms with van der Waals surface area (Å²) in [7, 11) is 0. The van der Waals surface area contributed by atoms with Crippen molar-refractivity contribution in [3.63, 3.8) is 0 Å². The Hall–Kier alpha value is -2.00.